The van der Waals surface area contributed by atoms with Gasteiger partial charge in [0.05, 0.1) is 5.54 Å². The van der Waals surface area contributed by atoms with Crippen molar-refractivity contribution in [2.45, 2.75) is 57.0 Å². The summed E-state index contributed by atoms with van der Waals surface area (Å²) in [6, 6.07) is 0.691. The van der Waals surface area contributed by atoms with Crippen LogP contribution in [0.5, 0.6) is 0 Å². The molecule has 0 saturated carbocycles. The standard InChI is InChI=1S/C15H29N3O2/c1-13-5-2-3-9-18(13)10-4-8-17-14(19)15(16)6-11-20-12-7-15/h13H,2-12,16H2,1H3,(H,17,19). The smallest absolute Gasteiger partial charge is 0.240 e. The molecule has 1 unspecified atom stereocenters. The Labute approximate surface area is 122 Å². The van der Waals surface area contributed by atoms with Crippen LogP contribution in [0.2, 0.25) is 0 Å². The third kappa shape index (κ3) is 4.17. The van der Waals surface area contributed by atoms with Gasteiger partial charge in [-0.25, -0.2) is 0 Å². The first-order valence-corrected chi connectivity index (χ1v) is 8.01. The molecule has 2 aliphatic rings. The van der Waals surface area contributed by atoms with Crippen molar-refractivity contribution in [3.63, 3.8) is 0 Å². The Kier molecular flexibility index (Phi) is 5.81. The molecule has 0 spiro atoms. The van der Waals surface area contributed by atoms with Crippen molar-refractivity contribution in [3.8, 4) is 0 Å². The van der Waals surface area contributed by atoms with Crippen molar-refractivity contribution in [1.82, 2.24) is 10.2 Å². The molecule has 1 amide bonds. The van der Waals surface area contributed by atoms with Crippen LogP contribution in [0.25, 0.3) is 0 Å². The summed E-state index contributed by atoms with van der Waals surface area (Å²) in [7, 11) is 0. The predicted molar refractivity (Wildman–Crippen MR) is 79.5 cm³/mol. The molecule has 1 atom stereocenters. The zero-order valence-electron chi connectivity index (χ0n) is 12.7. The number of hydrogen-bond acceptors (Lipinski definition) is 4. The highest BCUT2D eigenvalue weighted by Gasteiger charge is 2.35. The molecule has 5 heteroatoms. The first-order chi connectivity index (χ1) is 9.62. The Hall–Kier alpha value is -0.650. The van der Waals surface area contributed by atoms with Gasteiger partial charge in [-0.3, -0.25) is 4.79 Å². The van der Waals surface area contributed by atoms with Crippen molar-refractivity contribution in [1.29, 1.82) is 0 Å². The van der Waals surface area contributed by atoms with Crippen molar-refractivity contribution in [3.05, 3.63) is 0 Å². The van der Waals surface area contributed by atoms with Gasteiger partial charge >= 0.3 is 0 Å². The molecule has 5 nitrogen and oxygen atoms in total. The Balaban J connectivity index is 1.63. The maximum atomic E-state index is 12.1. The topological polar surface area (TPSA) is 67.6 Å². The van der Waals surface area contributed by atoms with Crippen molar-refractivity contribution < 1.29 is 9.53 Å². The number of likely N-dealkylation sites (tertiary alicyclic amines) is 1. The van der Waals surface area contributed by atoms with Crippen LogP contribution in [0.15, 0.2) is 0 Å². The minimum Gasteiger partial charge on any atom is -0.381 e. The van der Waals surface area contributed by atoms with Gasteiger partial charge in [0.15, 0.2) is 0 Å². The molecule has 116 valence electrons. The summed E-state index contributed by atoms with van der Waals surface area (Å²) >= 11 is 0. The lowest BCUT2D eigenvalue weighted by atomic mass is 9.90. The minimum atomic E-state index is -0.712. The molecular formula is C15H29N3O2. The lowest BCUT2D eigenvalue weighted by Crippen LogP contribution is -2.57. The van der Waals surface area contributed by atoms with Crippen molar-refractivity contribution >= 4 is 5.91 Å². The fourth-order valence-corrected chi connectivity index (χ4v) is 3.11. The number of piperidine rings is 1. The molecular weight excluding hydrogens is 254 g/mol. The maximum absolute atomic E-state index is 12.1. The van der Waals surface area contributed by atoms with Gasteiger partial charge in [-0.1, -0.05) is 6.42 Å². The molecule has 3 N–H and O–H groups in total. The Morgan fingerprint density at radius 2 is 2.15 bits per heavy atom. The number of ether oxygens (including phenoxy) is 1. The number of nitrogens with two attached hydrogens (primary N) is 1. The van der Waals surface area contributed by atoms with Crippen LogP contribution in [0, 0.1) is 0 Å². The number of carbonyl (C=O) groups excluding carboxylic acids is 1. The van der Waals surface area contributed by atoms with E-state index in [9.17, 15) is 4.79 Å². The molecule has 2 saturated heterocycles. The van der Waals surface area contributed by atoms with Gasteiger partial charge in [-0.05, 0) is 45.6 Å². The molecule has 20 heavy (non-hydrogen) atoms. The highest BCUT2D eigenvalue weighted by Crippen LogP contribution is 2.18. The Morgan fingerprint density at radius 3 is 2.85 bits per heavy atom. The molecule has 2 fully saturated rings. The SMILES string of the molecule is CC1CCCCN1CCCNC(=O)C1(N)CCOCC1. The molecule has 2 heterocycles. The van der Waals surface area contributed by atoms with E-state index in [2.05, 4.69) is 17.1 Å². The molecule has 0 radical (unpaired) electrons. The second-order valence-electron chi connectivity index (χ2n) is 6.26. The van der Waals surface area contributed by atoms with E-state index in [1.54, 1.807) is 0 Å². The molecule has 0 aromatic rings. The van der Waals surface area contributed by atoms with Gasteiger partial charge in [0.1, 0.15) is 0 Å². The normalized spacial score (nSPS) is 27.2. The first kappa shape index (κ1) is 15.7. The molecule has 0 aromatic carbocycles. The zero-order chi connectivity index (χ0) is 14.4. The van der Waals surface area contributed by atoms with Crippen LogP contribution in [-0.2, 0) is 9.53 Å². The monoisotopic (exact) mass is 283 g/mol. The van der Waals surface area contributed by atoms with E-state index >= 15 is 0 Å². The molecule has 0 aromatic heterocycles. The lowest BCUT2D eigenvalue weighted by Gasteiger charge is -2.34. The van der Waals surface area contributed by atoms with Gasteiger partial charge in [0, 0.05) is 32.3 Å². The van der Waals surface area contributed by atoms with E-state index in [1.807, 2.05) is 0 Å². The average Bonchev–Trinajstić information content (AvgIpc) is 2.46. The van der Waals surface area contributed by atoms with Gasteiger partial charge in [0.25, 0.3) is 0 Å². The third-order valence-electron chi connectivity index (χ3n) is 4.69. The highest BCUT2D eigenvalue weighted by molar-refractivity contribution is 5.86. The van der Waals surface area contributed by atoms with Crippen molar-refractivity contribution in [2.24, 2.45) is 5.73 Å². The highest BCUT2D eigenvalue weighted by atomic mass is 16.5. The largest absolute Gasteiger partial charge is 0.381 e. The quantitative estimate of drug-likeness (QED) is 0.735. The van der Waals surface area contributed by atoms with Gasteiger partial charge in [0.2, 0.25) is 5.91 Å². The van der Waals surface area contributed by atoms with Crippen molar-refractivity contribution in [2.75, 3.05) is 32.8 Å². The van der Waals surface area contributed by atoms with Gasteiger partial charge < -0.3 is 20.7 Å². The number of nitrogens with one attached hydrogen (secondary N) is 1. The molecule has 0 bridgehead atoms. The lowest BCUT2D eigenvalue weighted by molar-refractivity contribution is -0.129. The predicted octanol–water partition coefficient (Wildman–Crippen LogP) is 0.875. The van der Waals surface area contributed by atoms with E-state index in [4.69, 9.17) is 10.5 Å². The van der Waals surface area contributed by atoms with Crippen LogP contribution in [-0.4, -0.2) is 55.2 Å². The summed E-state index contributed by atoms with van der Waals surface area (Å²) in [5.74, 6) is -0.00695. The average molecular weight is 283 g/mol. The van der Waals surface area contributed by atoms with Gasteiger partial charge in [-0.15, -0.1) is 0 Å². The zero-order valence-corrected chi connectivity index (χ0v) is 12.7. The van der Waals surface area contributed by atoms with E-state index in [0.717, 1.165) is 19.5 Å². The molecule has 2 rings (SSSR count). The number of rotatable bonds is 5. The van der Waals surface area contributed by atoms with Crippen LogP contribution >= 0.6 is 0 Å². The van der Waals surface area contributed by atoms with E-state index in [-0.39, 0.29) is 5.91 Å². The Morgan fingerprint density at radius 1 is 1.40 bits per heavy atom. The summed E-state index contributed by atoms with van der Waals surface area (Å²) in [6.07, 6.45) is 6.22. The van der Waals surface area contributed by atoms with Gasteiger partial charge in [-0.2, -0.15) is 0 Å². The third-order valence-corrected chi connectivity index (χ3v) is 4.69. The maximum Gasteiger partial charge on any atom is 0.240 e. The number of nitrogens with zero attached hydrogens (tertiary/aromatic N) is 1. The van der Waals surface area contributed by atoms with E-state index < -0.39 is 5.54 Å². The molecule has 2 aliphatic heterocycles. The summed E-state index contributed by atoms with van der Waals surface area (Å²) < 4.78 is 5.27. The summed E-state index contributed by atoms with van der Waals surface area (Å²) in [5, 5.41) is 3.00. The van der Waals surface area contributed by atoms with E-state index in [0.29, 0.717) is 32.1 Å². The minimum absolute atomic E-state index is 0.00695. The Bertz CT molecular complexity index is 316. The summed E-state index contributed by atoms with van der Waals surface area (Å²) in [4.78, 5) is 14.7. The number of amides is 1. The fourth-order valence-electron chi connectivity index (χ4n) is 3.11. The second-order valence-corrected chi connectivity index (χ2v) is 6.26. The van der Waals surface area contributed by atoms with E-state index in [1.165, 1.54) is 25.8 Å². The van der Waals surface area contributed by atoms with Crippen LogP contribution < -0.4 is 11.1 Å². The van der Waals surface area contributed by atoms with Crippen LogP contribution in [0.3, 0.4) is 0 Å². The fraction of sp³-hybridized carbons (Fsp3) is 0.933. The number of carbonyl (C=O) groups is 1. The first-order valence-electron chi connectivity index (χ1n) is 8.01. The summed E-state index contributed by atoms with van der Waals surface area (Å²) in [6.45, 7) is 6.48. The summed E-state index contributed by atoms with van der Waals surface area (Å²) in [5.41, 5.74) is 5.44. The van der Waals surface area contributed by atoms with Crippen LogP contribution in [0.4, 0.5) is 0 Å². The van der Waals surface area contributed by atoms with Crippen LogP contribution in [0.1, 0.15) is 45.4 Å². The molecule has 0 aliphatic carbocycles. The second kappa shape index (κ2) is 7.38. The number of hydrogen-bond donors (Lipinski definition) is 2.